The molecule has 4 aromatic rings. The van der Waals surface area contributed by atoms with Crippen LogP contribution in [0.15, 0.2) is 71.7 Å². The molecule has 0 radical (unpaired) electrons. The molecule has 7 nitrogen and oxygen atoms in total. The average molecular weight is 468 g/mol. The number of carbonyl (C=O) groups is 1. The molecule has 5 rings (SSSR count). The molecule has 0 spiro atoms. The summed E-state index contributed by atoms with van der Waals surface area (Å²) < 4.78 is 26.7. The van der Waals surface area contributed by atoms with E-state index in [4.69, 9.17) is 20.8 Å². The smallest absolute Gasteiger partial charge is 0.250 e. The van der Waals surface area contributed by atoms with Gasteiger partial charge in [0.15, 0.2) is 6.23 Å². The second kappa shape index (κ2) is 8.73. The first kappa shape index (κ1) is 21.2. The Morgan fingerprint density at radius 2 is 2.00 bits per heavy atom. The van der Waals surface area contributed by atoms with Crippen LogP contribution in [0.5, 0.6) is 5.75 Å². The molecule has 1 atom stereocenters. The summed E-state index contributed by atoms with van der Waals surface area (Å²) in [5.41, 5.74) is 3.39. The highest BCUT2D eigenvalue weighted by Gasteiger charge is 2.36. The summed E-state index contributed by atoms with van der Waals surface area (Å²) >= 11 is 5.82. The second-order valence-corrected chi connectivity index (χ2v) is 8.06. The van der Waals surface area contributed by atoms with Crippen molar-refractivity contribution >= 4 is 17.5 Å². The Bertz CT molecular complexity index is 1290. The van der Waals surface area contributed by atoms with E-state index < -0.39 is 12.0 Å². The first-order valence-corrected chi connectivity index (χ1v) is 10.6. The molecule has 1 amide bonds. The van der Waals surface area contributed by atoms with Crippen molar-refractivity contribution in [1.82, 2.24) is 14.7 Å². The molecule has 1 aliphatic heterocycles. The minimum absolute atomic E-state index is 0.0197. The van der Waals surface area contributed by atoms with Crippen LogP contribution in [-0.4, -0.2) is 38.8 Å². The van der Waals surface area contributed by atoms with Crippen LogP contribution in [0.3, 0.4) is 0 Å². The molecule has 33 heavy (non-hydrogen) atoms. The molecule has 1 fully saturated rings. The number of rotatable bonds is 6. The molecule has 1 saturated heterocycles. The minimum atomic E-state index is -0.662. The molecule has 2 aromatic carbocycles. The van der Waals surface area contributed by atoms with Gasteiger partial charge < -0.3 is 19.2 Å². The number of aromatic nitrogens is 2. The molecule has 1 N–H and O–H groups in total. The van der Waals surface area contributed by atoms with Crippen molar-refractivity contribution in [3.05, 3.63) is 89.2 Å². The van der Waals surface area contributed by atoms with Gasteiger partial charge >= 0.3 is 0 Å². The normalized spacial score (nSPS) is 16.0. The van der Waals surface area contributed by atoms with Gasteiger partial charge in [0.05, 0.1) is 23.2 Å². The van der Waals surface area contributed by atoms with Gasteiger partial charge in [-0.25, -0.2) is 9.07 Å². The van der Waals surface area contributed by atoms with Gasteiger partial charge in [-0.2, -0.15) is 5.10 Å². The Morgan fingerprint density at radius 3 is 2.73 bits per heavy atom. The van der Waals surface area contributed by atoms with Crippen molar-refractivity contribution in [1.29, 1.82) is 0 Å². The molecule has 2 aromatic heterocycles. The van der Waals surface area contributed by atoms with Gasteiger partial charge in [0.1, 0.15) is 23.9 Å². The van der Waals surface area contributed by atoms with Crippen molar-refractivity contribution in [3.8, 4) is 22.7 Å². The van der Waals surface area contributed by atoms with Crippen LogP contribution in [0.2, 0.25) is 5.02 Å². The van der Waals surface area contributed by atoms with Crippen LogP contribution in [0.1, 0.15) is 17.4 Å². The van der Waals surface area contributed by atoms with Gasteiger partial charge in [-0.1, -0.05) is 23.7 Å². The first-order valence-electron chi connectivity index (χ1n) is 10.3. The van der Waals surface area contributed by atoms with Crippen LogP contribution in [0.25, 0.3) is 16.9 Å². The first-order chi connectivity index (χ1) is 16.0. The Hall–Kier alpha value is -3.62. The van der Waals surface area contributed by atoms with E-state index in [1.54, 1.807) is 41.6 Å². The second-order valence-electron chi connectivity index (χ2n) is 7.65. The summed E-state index contributed by atoms with van der Waals surface area (Å²) in [5.74, 6) is -0.505. The number of hydrogen-bond donors (Lipinski definition) is 1. The number of aromatic hydroxyl groups is 1. The van der Waals surface area contributed by atoms with Gasteiger partial charge in [0.25, 0.3) is 5.91 Å². The summed E-state index contributed by atoms with van der Waals surface area (Å²) in [6.45, 7) is 0.367. The lowest BCUT2D eigenvalue weighted by Crippen LogP contribution is -2.30. The van der Waals surface area contributed by atoms with Crippen molar-refractivity contribution in [2.24, 2.45) is 0 Å². The van der Waals surface area contributed by atoms with E-state index in [0.717, 1.165) is 5.56 Å². The van der Waals surface area contributed by atoms with Crippen molar-refractivity contribution in [2.45, 2.75) is 12.6 Å². The van der Waals surface area contributed by atoms with Gasteiger partial charge in [-0.3, -0.25) is 4.79 Å². The zero-order chi connectivity index (χ0) is 22.9. The van der Waals surface area contributed by atoms with Crippen molar-refractivity contribution < 1.29 is 23.4 Å². The third-order valence-electron chi connectivity index (χ3n) is 5.52. The quantitative estimate of drug-likeness (QED) is 0.443. The molecule has 1 unspecified atom stereocenters. The van der Waals surface area contributed by atoms with E-state index in [9.17, 15) is 14.3 Å². The number of halogens is 2. The Kier molecular flexibility index (Phi) is 5.62. The lowest BCUT2D eigenvalue weighted by atomic mass is 10.1. The molecule has 0 saturated carbocycles. The lowest BCUT2D eigenvalue weighted by molar-refractivity contribution is -0.128. The minimum Gasteiger partial charge on any atom is -0.508 e. The van der Waals surface area contributed by atoms with E-state index in [1.807, 2.05) is 12.1 Å². The van der Waals surface area contributed by atoms with Gasteiger partial charge in [-0.05, 0) is 42.3 Å². The standard InChI is InChI=1S/C24H19ClFN3O4/c25-20-6-3-17(11-21(20)26)29-12-19(23(27-29)16-8-10-32-13-16)24-28(22(31)14-33-24)9-7-15-1-4-18(30)5-2-15/h1-6,8,10-13,24,30H,7,9,14H2. The van der Waals surface area contributed by atoms with Gasteiger partial charge in [0.2, 0.25) is 0 Å². The molecular formula is C24H19ClFN3O4. The highest BCUT2D eigenvalue weighted by atomic mass is 35.5. The monoisotopic (exact) mass is 467 g/mol. The van der Waals surface area contributed by atoms with Gasteiger partial charge in [-0.15, -0.1) is 0 Å². The number of amides is 1. The number of ether oxygens (including phenoxy) is 1. The third kappa shape index (κ3) is 4.22. The summed E-state index contributed by atoms with van der Waals surface area (Å²) in [6, 6.07) is 13.0. The van der Waals surface area contributed by atoms with Crippen LogP contribution >= 0.6 is 11.6 Å². The molecular weight excluding hydrogens is 449 g/mol. The Balaban J connectivity index is 1.49. The van der Waals surface area contributed by atoms with Gasteiger partial charge in [0, 0.05) is 29.9 Å². The van der Waals surface area contributed by atoms with Crippen LogP contribution in [-0.2, 0) is 16.0 Å². The van der Waals surface area contributed by atoms with E-state index in [-0.39, 0.29) is 23.3 Å². The number of nitrogens with zero attached hydrogens (tertiary/aromatic N) is 3. The number of phenolic OH excluding ortho intramolecular Hbond substituents is 1. The SMILES string of the molecule is O=C1COC(c2cn(-c3ccc(Cl)c(F)c3)nc2-c2ccoc2)N1CCc1ccc(O)cc1. The maximum Gasteiger partial charge on any atom is 0.250 e. The molecule has 0 aliphatic carbocycles. The molecule has 168 valence electrons. The fraction of sp³-hybridized carbons (Fsp3) is 0.167. The highest BCUT2D eigenvalue weighted by Crippen LogP contribution is 2.35. The van der Waals surface area contributed by atoms with Crippen LogP contribution in [0, 0.1) is 5.82 Å². The molecule has 3 heterocycles. The topological polar surface area (TPSA) is 80.7 Å². The largest absolute Gasteiger partial charge is 0.508 e. The van der Waals surface area contributed by atoms with E-state index in [2.05, 4.69) is 5.10 Å². The van der Waals surface area contributed by atoms with E-state index >= 15 is 0 Å². The van der Waals surface area contributed by atoms with E-state index in [0.29, 0.717) is 35.5 Å². The zero-order valence-corrected chi connectivity index (χ0v) is 18.1. The maximum absolute atomic E-state index is 14.1. The Morgan fingerprint density at radius 1 is 1.18 bits per heavy atom. The fourth-order valence-electron chi connectivity index (χ4n) is 3.82. The predicted molar refractivity (Wildman–Crippen MR) is 118 cm³/mol. The lowest BCUT2D eigenvalue weighted by Gasteiger charge is -2.23. The highest BCUT2D eigenvalue weighted by molar-refractivity contribution is 6.30. The molecule has 9 heteroatoms. The number of phenols is 1. The average Bonchev–Trinajstić information content (AvgIpc) is 3.55. The number of carbonyl (C=O) groups excluding carboxylic acids is 1. The summed E-state index contributed by atoms with van der Waals surface area (Å²) in [7, 11) is 0. The maximum atomic E-state index is 14.1. The number of furan rings is 1. The summed E-state index contributed by atoms with van der Waals surface area (Å²) in [4.78, 5) is 14.3. The zero-order valence-electron chi connectivity index (χ0n) is 17.3. The number of hydrogen-bond acceptors (Lipinski definition) is 5. The van der Waals surface area contributed by atoms with Crippen LogP contribution < -0.4 is 0 Å². The van der Waals surface area contributed by atoms with Crippen molar-refractivity contribution in [2.75, 3.05) is 13.2 Å². The summed E-state index contributed by atoms with van der Waals surface area (Å²) in [5, 5.41) is 14.1. The van der Waals surface area contributed by atoms with E-state index in [1.165, 1.54) is 23.1 Å². The Labute approximate surface area is 193 Å². The fourth-order valence-corrected chi connectivity index (χ4v) is 3.93. The number of benzene rings is 2. The van der Waals surface area contributed by atoms with Crippen molar-refractivity contribution in [3.63, 3.8) is 0 Å². The van der Waals surface area contributed by atoms with Crippen LogP contribution in [0.4, 0.5) is 4.39 Å². The molecule has 1 aliphatic rings. The third-order valence-corrected chi connectivity index (χ3v) is 5.82. The summed E-state index contributed by atoms with van der Waals surface area (Å²) in [6.07, 6.45) is 4.73. The predicted octanol–water partition coefficient (Wildman–Crippen LogP) is 4.73. The molecule has 0 bridgehead atoms.